The normalized spacial score (nSPS) is 25.9. The monoisotopic (exact) mass is 445 g/mol. The second kappa shape index (κ2) is 7.23. The molecule has 4 heterocycles. The van der Waals surface area contributed by atoms with E-state index in [1.807, 2.05) is 11.9 Å². The van der Waals surface area contributed by atoms with Gasteiger partial charge in [0.1, 0.15) is 5.82 Å². The molecule has 31 heavy (non-hydrogen) atoms. The molecule has 1 aromatic heterocycles. The third kappa shape index (κ3) is 3.11. The molecule has 5 rings (SSSR count). The molecule has 3 aliphatic rings. The van der Waals surface area contributed by atoms with Crippen molar-refractivity contribution in [3.05, 3.63) is 48.5 Å². The van der Waals surface area contributed by atoms with Crippen LogP contribution >= 0.6 is 0 Å². The molecule has 0 bridgehead atoms. The van der Waals surface area contributed by atoms with Gasteiger partial charge in [-0.25, -0.2) is 22.8 Å². The number of sulfonamides is 1. The molecule has 0 unspecified atom stereocenters. The lowest BCUT2D eigenvalue weighted by Crippen LogP contribution is -2.56. The van der Waals surface area contributed by atoms with E-state index in [9.17, 15) is 17.6 Å². The quantitative estimate of drug-likeness (QED) is 0.709. The van der Waals surface area contributed by atoms with E-state index >= 15 is 0 Å². The zero-order valence-corrected chi connectivity index (χ0v) is 18.0. The molecule has 10 heteroatoms. The fourth-order valence-corrected chi connectivity index (χ4v) is 6.95. The highest BCUT2D eigenvalue weighted by Crippen LogP contribution is 2.49. The van der Waals surface area contributed by atoms with Crippen molar-refractivity contribution in [3.8, 4) is 0 Å². The summed E-state index contributed by atoms with van der Waals surface area (Å²) >= 11 is 0. The molecule has 3 fully saturated rings. The Balaban J connectivity index is 1.36. The second-order valence-corrected chi connectivity index (χ2v) is 10.5. The molecule has 164 valence electrons. The van der Waals surface area contributed by atoms with Crippen LogP contribution in [0.5, 0.6) is 0 Å². The van der Waals surface area contributed by atoms with Crippen LogP contribution in [0.3, 0.4) is 0 Å². The molecule has 0 aliphatic carbocycles. The van der Waals surface area contributed by atoms with Gasteiger partial charge in [0.2, 0.25) is 21.9 Å². The molecular formula is C21H24FN5O3S. The first-order valence-corrected chi connectivity index (χ1v) is 11.8. The number of rotatable bonds is 3. The van der Waals surface area contributed by atoms with Crippen molar-refractivity contribution in [2.75, 3.05) is 38.1 Å². The summed E-state index contributed by atoms with van der Waals surface area (Å²) in [6.07, 6.45) is 4.53. The van der Waals surface area contributed by atoms with Crippen molar-refractivity contribution < 1.29 is 17.6 Å². The van der Waals surface area contributed by atoms with Gasteiger partial charge in [-0.05, 0) is 43.2 Å². The zero-order valence-electron chi connectivity index (χ0n) is 17.2. The number of anilines is 1. The molecule has 0 saturated carbocycles. The van der Waals surface area contributed by atoms with Gasteiger partial charge in [0.15, 0.2) is 0 Å². The first-order chi connectivity index (χ1) is 14.8. The van der Waals surface area contributed by atoms with Crippen LogP contribution in [0, 0.1) is 17.7 Å². The summed E-state index contributed by atoms with van der Waals surface area (Å²) in [5.74, 6) is 0.234. The lowest BCUT2D eigenvalue weighted by molar-refractivity contribution is -0.132. The summed E-state index contributed by atoms with van der Waals surface area (Å²) in [5, 5.41) is 0. The first-order valence-electron chi connectivity index (χ1n) is 10.4. The molecule has 2 aromatic rings. The van der Waals surface area contributed by atoms with E-state index in [4.69, 9.17) is 0 Å². The van der Waals surface area contributed by atoms with Crippen LogP contribution in [0.25, 0.3) is 0 Å². The van der Waals surface area contributed by atoms with Gasteiger partial charge in [-0.1, -0.05) is 0 Å². The van der Waals surface area contributed by atoms with Crippen molar-refractivity contribution in [3.63, 3.8) is 0 Å². The lowest BCUT2D eigenvalue weighted by Gasteiger charge is -2.46. The number of likely N-dealkylation sites (tertiary alicyclic amines) is 1. The van der Waals surface area contributed by atoms with Crippen molar-refractivity contribution in [1.82, 2.24) is 19.2 Å². The average Bonchev–Trinajstić information content (AvgIpc) is 3.31. The van der Waals surface area contributed by atoms with Crippen LogP contribution in [0.4, 0.5) is 10.3 Å². The van der Waals surface area contributed by atoms with E-state index < -0.39 is 15.8 Å². The Bertz CT molecular complexity index is 1090. The molecule has 2 atom stereocenters. The minimum atomic E-state index is -3.70. The maximum atomic E-state index is 13.2. The Morgan fingerprint density at radius 1 is 1.06 bits per heavy atom. The fraction of sp³-hybridized carbons (Fsp3) is 0.476. The largest absolute Gasteiger partial charge is 0.340 e. The molecule has 1 spiro atoms. The van der Waals surface area contributed by atoms with Crippen LogP contribution in [-0.2, 0) is 14.8 Å². The summed E-state index contributed by atoms with van der Waals surface area (Å²) in [5.41, 5.74) is -0.375. The Morgan fingerprint density at radius 3 is 2.35 bits per heavy atom. The molecule has 3 saturated heterocycles. The summed E-state index contributed by atoms with van der Waals surface area (Å²) < 4.78 is 40.7. The number of nitrogens with zero attached hydrogens (tertiary/aromatic N) is 5. The minimum absolute atomic E-state index is 0.0897. The molecule has 1 amide bonds. The standard InChI is InChI=1S/C21H24FN5O3S/c1-25-19(28)17-13-26(20-23-9-2-10-24-20)14-18(17)21(25)7-11-27(12-8-21)31(29,30)16-5-3-15(22)4-6-16/h2-6,9-10,17-18H,7-8,11-14H2,1H3/t17-,18+/m1/s1. The van der Waals surface area contributed by atoms with Gasteiger partial charge in [-0.15, -0.1) is 0 Å². The molecular weight excluding hydrogens is 421 g/mol. The number of benzene rings is 1. The predicted molar refractivity (Wildman–Crippen MR) is 111 cm³/mol. The summed E-state index contributed by atoms with van der Waals surface area (Å²) in [4.78, 5) is 25.7. The van der Waals surface area contributed by atoms with E-state index in [0.717, 1.165) is 12.1 Å². The molecule has 0 radical (unpaired) electrons. The maximum Gasteiger partial charge on any atom is 0.243 e. The van der Waals surface area contributed by atoms with Crippen LogP contribution in [0.1, 0.15) is 12.8 Å². The van der Waals surface area contributed by atoms with Gasteiger partial charge in [0.25, 0.3) is 0 Å². The predicted octanol–water partition coefficient (Wildman–Crippen LogP) is 1.36. The number of hydrogen-bond acceptors (Lipinski definition) is 6. The van der Waals surface area contributed by atoms with E-state index in [1.54, 1.807) is 18.5 Å². The number of halogens is 1. The summed E-state index contributed by atoms with van der Waals surface area (Å²) in [6, 6.07) is 6.67. The zero-order chi connectivity index (χ0) is 21.8. The highest BCUT2D eigenvalue weighted by molar-refractivity contribution is 7.89. The number of piperidine rings is 1. The van der Waals surface area contributed by atoms with Gasteiger partial charge >= 0.3 is 0 Å². The Labute approximate surface area is 180 Å². The van der Waals surface area contributed by atoms with Gasteiger partial charge in [0.05, 0.1) is 16.4 Å². The van der Waals surface area contributed by atoms with Gasteiger partial charge < -0.3 is 9.80 Å². The number of fused-ring (bicyclic) bond motifs is 2. The molecule has 0 N–H and O–H groups in total. The van der Waals surface area contributed by atoms with E-state index in [1.165, 1.54) is 16.4 Å². The van der Waals surface area contributed by atoms with Crippen LogP contribution in [0.15, 0.2) is 47.6 Å². The van der Waals surface area contributed by atoms with Crippen molar-refractivity contribution in [2.45, 2.75) is 23.3 Å². The fourth-order valence-electron chi connectivity index (χ4n) is 5.51. The number of hydrogen-bond donors (Lipinski definition) is 0. The second-order valence-electron chi connectivity index (χ2n) is 8.53. The molecule has 8 nitrogen and oxygen atoms in total. The number of carbonyl (C=O) groups excluding carboxylic acids is 1. The summed E-state index contributed by atoms with van der Waals surface area (Å²) in [7, 11) is -1.86. The molecule has 3 aliphatic heterocycles. The van der Waals surface area contributed by atoms with Gasteiger partial charge in [0, 0.05) is 51.5 Å². The first kappa shape index (κ1) is 20.3. The number of amides is 1. The van der Waals surface area contributed by atoms with E-state index in [-0.39, 0.29) is 28.2 Å². The van der Waals surface area contributed by atoms with Gasteiger partial charge in [-0.2, -0.15) is 4.31 Å². The third-order valence-corrected chi connectivity index (χ3v) is 9.11. The van der Waals surface area contributed by atoms with Crippen molar-refractivity contribution in [1.29, 1.82) is 0 Å². The minimum Gasteiger partial charge on any atom is -0.340 e. The SMILES string of the molecule is CN1C(=O)[C@@H]2CN(c3ncccn3)C[C@@H]2C12CCN(S(=O)(=O)c1ccc(F)cc1)CC2. The molecule has 1 aromatic carbocycles. The Kier molecular flexibility index (Phi) is 4.74. The van der Waals surface area contributed by atoms with Crippen LogP contribution in [0.2, 0.25) is 0 Å². The lowest BCUT2D eigenvalue weighted by atomic mass is 9.75. The maximum absolute atomic E-state index is 13.2. The Hall–Kier alpha value is -2.59. The van der Waals surface area contributed by atoms with Crippen molar-refractivity contribution >= 4 is 21.9 Å². The topological polar surface area (TPSA) is 86.7 Å². The average molecular weight is 446 g/mol. The highest BCUT2D eigenvalue weighted by atomic mass is 32.2. The van der Waals surface area contributed by atoms with E-state index in [0.29, 0.717) is 45.0 Å². The smallest absolute Gasteiger partial charge is 0.243 e. The third-order valence-electron chi connectivity index (χ3n) is 7.20. The highest BCUT2D eigenvalue weighted by Gasteiger charge is 2.61. The number of aromatic nitrogens is 2. The van der Waals surface area contributed by atoms with Gasteiger partial charge in [-0.3, -0.25) is 4.79 Å². The summed E-state index contributed by atoms with van der Waals surface area (Å²) in [6.45, 7) is 1.90. The van der Waals surface area contributed by atoms with Crippen molar-refractivity contribution in [2.24, 2.45) is 11.8 Å². The van der Waals surface area contributed by atoms with E-state index in [2.05, 4.69) is 14.9 Å². The Morgan fingerprint density at radius 2 is 1.71 bits per heavy atom. The number of carbonyl (C=O) groups is 1. The van der Waals surface area contributed by atoms with Crippen LogP contribution in [-0.4, -0.2) is 72.3 Å². The van der Waals surface area contributed by atoms with Crippen LogP contribution < -0.4 is 4.90 Å².